The molecule has 0 N–H and O–H groups in total. The molecule has 8 heteroatoms. The molecule has 0 aromatic heterocycles. The van der Waals surface area contributed by atoms with Crippen molar-refractivity contribution in [2.45, 2.75) is 161 Å². The number of ether oxygens (including phenoxy) is 5. The summed E-state index contributed by atoms with van der Waals surface area (Å²) in [5, 5.41) is 0. The van der Waals surface area contributed by atoms with Gasteiger partial charge in [0.15, 0.2) is 6.29 Å². The maximum absolute atomic E-state index is 11.3. The molecule has 1 aliphatic rings. The number of unbranched alkanes of at least 4 members (excludes halogenated alkanes) is 13. The van der Waals surface area contributed by atoms with Crippen molar-refractivity contribution in [3.8, 4) is 0 Å². The first-order valence-electron chi connectivity index (χ1n) is 15.1. The van der Waals surface area contributed by atoms with Gasteiger partial charge in [0.05, 0.1) is 11.7 Å². The van der Waals surface area contributed by atoms with Gasteiger partial charge < -0.3 is 28.5 Å². The summed E-state index contributed by atoms with van der Waals surface area (Å²) >= 11 is 0. The Hall–Kier alpha value is -1.51. The van der Waals surface area contributed by atoms with Gasteiger partial charge in [0, 0.05) is 46.8 Å². The largest absolute Gasteiger partial charge is 0.463 e. The van der Waals surface area contributed by atoms with Crippen LogP contribution in [0.25, 0.3) is 0 Å². The van der Waals surface area contributed by atoms with E-state index in [1.165, 1.54) is 78.1 Å². The van der Waals surface area contributed by atoms with E-state index in [2.05, 4.69) is 0 Å². The zero-order valence-corrected chi connectivity index (χ0v) is 25.8. The first kappa shape index (κ1) is 37.5. The second-order valence-corrected chi connectivity index (χ2v) is 11.4. The Kier molecular flexibility index (Phi) is 23.4. The minimum atomic E-state index is -0.436. The van der Waals surface area contributed by atoms with Crippen LogP contribution in [-0.4, -0.2) is 62.6 Å². The molecular weight excluding hydrogens is 500 g/mol. The van der Waals surface area contributed by atoms with Crippen molar-refractivity contribution in [3.05, 3.63) is 0 Å². The zero-order chi connectivity index (χ0) is 29.4. The van der Waals surface area contributed by atoms with Gasteiger partial charge in [-0.25, -0.2) is 0 Å². The molecule has 3 unspecified atom stereocenters. The summed E-state index contributed by atoms with van der Waals surface area (Å²) in [5.74, 6) is -0.675. The van der Waals surface area contributed by atoms with E-state index >= 15 is 0 Å². The highest BCUT2D eigenvalue weighted by Gasteiger charge is 2.32. The van der Waals surface area contributed by atoms with Crippen molar-refractivity contribution < 1.29 is 38.1 Å². The third-order valence-electron chi connectivity index (χ3n) is 6.51. The lowest BCUT2D eigenvalue weighted by Crippen LogP contribution is -2.41. The molecule has 1 aliphatic heterocycles. The molecule has 1 heterocycles. The van der Waals surface area contributed by atoms with E-state index in [4.69, 9.17) is 23.7 Å². The number of methoxy groups -OCH3 is 1. The second kappa shape index (κ2) is 24.3. The van der Waals surface area contributed by atoms with Gasteiger partial charge in [-0.3, -0.25) is 9.59 Å². The Morgan fingerprint density at radius 2 is 1.28 bits per heavy atom. The molecular formula is C31H58O8. The van der Waals surface area contributed by atoms with Gasteiger partial charge in [-0.15, -0.1) is 0 Å². The smallest absolute Gasteiger partial charge is 0.302 e. The maximum atomic E-state index is 11.3. The Labute approximate surface area is 238 Å². The molecule has 1 rings (SSSR count). The van der Waals surface area contributed by atoms with Crippen LogP contribution in [0.15, 0.2) is 0 Å². The van der Waals surface area contributed by atoms with Crippen LogP contribution in [0.1, 0.15) is 137 Å². The first-order valence-corrected chi connectivity index (χ1v) is 15.1. The summed E-state index contributed by atoms with van der Waals surface area (Å²) in [6.07, 6.45) is 17.7. The predicted octanol–water partition coefficient (Wildman–Crippen LogP) is 7.09. The Balaban J connectivity index is 0.00000215. The van der Waals surface area contributed by atoms with Crippen LogP contribution in [0.3, 0.4) is 0 Å². The lowest BCUT2D eigenvalue weighted by molar-refractivity contribution is -0.229. The highest BCUT2D eigenvalue weighted by Crippen LogP contribution is 2.24. The van der Waals surface area contributed by atoms with Crippen molar-refractivity contribution in [3.63, 3.8) is 0 Å². The summed E-state index contributed by atoms with van der Waals surface area (Å²) in [6.45, 7) is 9.58. The fraction of sp³-hybridized carbons (Fsp3) is 0.903. The van der Waals surface area contributed by atoms with Crippen molar-refractivity contribution in [2.75, 3.05) is 20.3 Å². The summed E-state index contributed by atoms with van der Waals surface area (Å²) in [7, 11) is 1.71. The normalized spacial score (nSPS) is 19.1. The molecule has 1 fully saturated rings. The minimum absolute atomic E-state index is 0.0417. The second-order valence-electron chi connectivity index (χ2n) is 11.4. The quantitative estimate of drug-likeness (QED) is 0.0887. The van der Waals surface area contributed by atoms with Crippen molar-refractivity contribution in [2.24, 2.45) is 0 Å². The number of hydrogen-bond acceptors (Lipinski definition) is 8. The summed E-state index contributed by atoms with van der Waals surface area (Å²) in [6, 6.07) is 0. The van der Waals surface area contributed by atoms with Crippen molar-refractivity contribution in [1.82, 2.24) is 0 Å². The lowest BCUT2D eigenvalue weighted by Gasteiger charge is -2.34. The highest BCUT2D eigenvalue weighted by atomic mass is 16.7. The van der Waals surface area contributed by atoms with Crippen molar-refractivity contribution in [1.29, 1.82) is 0 Å². The van der Waals surface area contributed by atoms with E-state index in [0.717, 1.165) is 32.0 Å². The SMILES string of the molecule is CC(=O)OCC1CC(OC(C)=O)CC(OCCCCCCCCCCCCCCCC=O)O1.COC(C)(C)C. The predicted molar refractivity (Wildman–Crippen MR) is 153 cm³/mol. The number of aldehydes is 1. The first-order chi connectivity index (χ1) is 18.6. The number of carbonyl (C=O) groups is 3. The molecule has 8 nitrogen and oxygen atoms in total. The van der Waals surface area contributed by atoms with Crippen LogP contribution in [0.4, 0.5) is 0 Å². The van der Waals surface area contributed by atoms with Crippen molar-refractivity contribution >= 4 is 18.2 Å². The summed E-state index contributed by atoms with van der Waals surface area (Å²) < 4.78 is 27.1. The molecule has 39 heavy (non-hydrogen) atoms. The van der Waals surface area contributed by atoms with E-state index < -0.39 is 6.29 Å². The molecule has 0 aromatic carbocycles. The van der Waals surface area contributed by atoms with Crippen LogP contribution < -0.4 is 0 Å². The van der Waals surface area contributed by atoms with E-state index in [9.17, 15) is 14.4 Å². The van der Waals surface area contributed by atoms with Crippen LogP contribution in [0, 0.1) is 0 Å². The number of rotatable bonds is 20. The molecule has 0 aliphatic carbocycles. The Morgan fingerprint density at radius 1 is 0.795 bits per heavy atom. The van der Waals surface area contributed by atoms with Crippen LogP contribution >= 0.6 is 0 Å². The molecule has 0 saturated carbocycles. The lowest BCUT2D eigenvalue weighted by atomic mass is 10.0. The van der Waals surface area contributed by atoms with Crippen LogP contribution in [0.2, 0.25) is 0 Å². The molecule has 0 spiro atoms. The van der Waals surface area contributed by atoms with Crippen LogP contribution in [-0.2, 0) is 38.1 Å². The van der Waals surface area contributed by atoms with E-state index in [0.29, 0.717) is 19.4 Å². The van der Waals surface area contributed by atoms with Gasteiger partial charge in [0.25, 0.3) is 0 Å². The van der Waals surface area contributed by atoms with E-state index in [-0.39, 0.29) is 36.4 Å². The molecule has 1 saturated heterocycles. The standard InChI is InChI=1S/C26H46O7.C5H12O/c1-22(28)31-21-25-19-24(32-23(2)29)20-26(33-25)30-18-16-14-12-10-8-6-4-3-5-7-9-11-13-15-17-27;1-5(2,3)6-4/h17,24-26H,3-16,18-21H2,1-2H3;1-4H3. The van der Waals surface area contributed by atoms with Gasteiger partial charge in [0.2, 0.25) is 0 Å². The Morgan fingerprint density at radius 3 is 1.72 bits per heavy atom. The number of esters is 2. The van der Waals surface area contributed by atoms with Gasteiger partial charge in [-0.1, -0.05) is 70.6 Å². The zero-order valence-electron chi connectivity index (χ0n) is 25.8. The fourth-order valence-corrected chi connectivity index (χ4v) is 4.17. The number of hydrogen-bond donors (Lipinski definition) is 0. The molecule has 0 aromatic rings. The topological polar surface area (TPSA) is 97.4 Å². The van der Waals surface area contributed by atoms with Gasteiger partial charge >= 0.3 is 11.9 Å². The summed E-state index contributed by atoms with van der Waals surface area (Å²) in [4.78, 5) is 32.6. The van der Waals surface area contributed by atoms with Gasteiger partial charge in [-0.2, -0.15) is 0 Å². The van der Waals surface area contributed by atoms with Gasteiger partial charge in [-0.05, 0) is 33.6 Å². The highest BCUT2D eigenvalue weighted by molar-refractivity contribution is 5.66. The van der Waals surface area contributed by atoms with E-state index in [1.807, 2.05) is 20.8 Å². The molecule has 0 bridgehead atoms. The van der Waals surface area contributed by atoms with E-state index in [1.54, 1.807) is 7.11 Å². The third kappa shape index (κ3) is 26.5. The maximum Gasteiger partial charge on any atom is 0.302 e. The molecule has 3 atom stereocenters. The monoisotopic (exact) mass is 558 g/mol. The average molecular weight is 559 g/mol. The Bertz CT molecular complexity index is 616. The molecule has 0 radical (unpaired) electrons. The summed E-state index contributed by atoms with van der Waals surface area (Å²) in [5.41, 5.74) is 0.0417. The average Bonchev–Trinajstić information content (AvgIpc) is 2.86. The van der Waals surface area contributed by atoms with Crippen LogP contribution in [0.5, 0.6) is 0 Å². The fourth-order valence-electron chi connectivity index (χ4n) is 4.17. The minimum Gasteiger partial charge on any atom is -0.463 e. The molecule has 230 valence electrons. The molecule has 0 amide bonds. The number of carbonyl (C=O) groups excluding carboxylic acids is 3. The third-order valence-corrected chi connectivity index (χ3v) is 6.51. The van der Waals surface area contributed by atoms with Gasteiger partial charge in [0.1, 0.15) is 19.0 Å².